The van der Waals surface area contributed by atoms with Gasteiger partial charge >= 0.3 is 0 Å². The van der Waals surface area contributed by atoms with E-state index in [-0.39, 0.29) is 17.7 Å². The lowest BCUT2D eigenvalue weighted by Crippen LogP contribution is -2.32. The van der Waals surface area contributed by atoms with Gasteiger partial charge in [-0.3, -0.25) is 9.59 Å². The number of hydrogen-bond donors (Lipinski definition) is 2. The van der Waals surface area contributed by atoms with E-state index in [1.807, 2.05) is 19.1 Å². The van der Waals surface area contributed by atoms with Crippen LogP contribution in [0.1, 0.15) is 50.4 Å². The summed E-state index contributed by atoms with van der Waals surface area (Å²) in [6.07, 6.45) is 3.01. The number of hydrogen-bond acceptors (Lipinski definition) is 4. The molecule has 1 aliphatic heterocycles. The van der Waals surface area contributed by atoms with Crippen molar-refractivity contribution in [2.75, 3.05) is 48.9 Å². The highest BCUT2D eigenvalue weighted by molar-refractivity contribution is 6.20. The highest BCUT2D eigenvalue weighted by atomic mass is 35.5. The molecular weight excluding hydrogens is 378 g/mol. The Balaban J connectivity index is 2.16. The highest BCUT2D eigenvalue weighted by Gasteiger charge is 2.27. The summed E-state index contributed by atoms with van der Waals surface area (Å²) in [7, 11) is 0. The molecule has 2 N–H and O–H groups in total. The number of ether oxygens (including phenoxy) is 1. The molecule has 28 heavy (non-hydrogen) atoms. The highest BCUT2D eigenvalue weighted by Crippen LogP contribution is 2.28. The second-order valence-electron chi connectivity index (χ2n) is 7.70. The maximum absolute atomic E-state index is 12.8. The van der Waals surface area contributed by atoms with Gasteiger partial charge in [-0.1, -0.05) is 0 Å². The van der Waals surface area contributed by atoms with Crippen LogP contribution < -0.4 is 15.5 Å². The second-order valence-corrected chi connectivity index (χ2v) is 7.97. The van der Waals surface area contributed by atoms with Crippen LogP contribution in [0, 0.1) is 5.41 Å². The molecule has 0 aromatic heterocycles. The summed E-state index contributed by atoms with van der Waals surface area (Å²) >= 11 is 5.90. The van der Waals surface area contributed by atoms with E-state index >= 15 is 0 Å². The molecule has 2 rings (SSSR count). The molecule has 0 atom stereocenters. The molecule has 2 amide bonds. The zero-order valence-electron chi connectivity index (χ0n) is 17.1. The normalized spacial score (nSPS) is 14.2. The van der Waals surface area contributed by atoms with Gasteiger partial charge in [0.15, 0.2) is 0 Å². The molecule has 0 aliphatic carbocycles. The Morgan fingerprint density at radius 3 is 2.61 bits per heavy atom. The van der Waals surface area contributed by atoms with E-state index in [1.54, 1.807) is 19.9 Å². The Hall–Kier alpha value is -1.79. The fraction of sp³-hybridized carbons (Fsp3) is 0.619. The third kappa shape index (κ3) is 6.11. The smallest absolute Gasteiger partial charge is 0.253 e. The molecule has 1 saturated heterocycles. The standard InChI is InChI=1S/C21H32ClN3O3/c1-4-28-13-7-10-23-19(26)17-14-16(24-20(27)21(2,3)15-22)8-9-18(17)25-11-5-6-12-25/h8-9,14H,4-7,10-13,15H2,1-3H3,(H,23,26)(H,24,27). The minimum Gasteiger partial charge on any atom is -0.382 e. The Kier molecular flexibility index (Phi) is 8.58. The minimum absolute atomic E-state index is 0.133. The van der Waals surface area contributed by atoms with Crippen molar-refractivity contribution >= 4 is 34.8 Å². The van der Waals surface area contributed by atoms with E-state index in [4.69, 9.17) is 16.3 Å². The van der Waals surface area contributed by atoms with Crippen molar-refractivity contribution in [3.05, 3.63) is 23.8 Å². The maximum Gasteiger partial charge on any atom is 0.253 e. The first-order valence-electron chi connectivity index (χ1n) is 10.0. The second kappa shape index (κ2) is 10.7. The van der Waals surface area contributed by atoms with Crippen molar-refractivity contribution in [3.8, 4) is 0 Å². The number of benzene rings is 1. The predicted octanol–water partition coefficient (Wildman–Crippen LogP) is 3.65. The summed E-state index contributed by atoms with van der Waals surface area (Å²) < 4.78 is 5.31. The number of halogens is 1. The van der Waals surface area contributed by atoms with Crippen LogP contribution in [0.4, 0.5) is 11.4 Å². The van der Waals surface area contributed by atoms with Crippen molar-refractivity contribution in [2.24, 2.45) is 5.41 Å². The quantitative estimate of drug-likeness (QED) is 0.457. The van der Waals surface area contributed by atoms with Gasteiger partial charge in [0.05, 0.1) is 11.0 Å². The lowest BCUT2D eigenvalue weighted by Gasteiger charge is -2.23. The number of nitrogens with zero attached hydrogens (tertiary/aromatic N) is 1. The fourth-order valence-electron chi connectivity index (χ4n) is 3.01. The first-order valence-corrected chi connectivity index (χ1v) is 10.5. The summed E-state index contributed by atoms with van der Waals surface area (Å²) in [5, 5.41) is 5.85. The number of anilines is 2. The van der Waals surface area contributed by atoms with E-state index in [0.717, 1.165) is 38.0 Å². The Bertz CT molecular complexity index is 673. The molecule has 0 saturated carbocycles. The molecule has 6 nitrogen and oxygen atoms in total. The van der Waals surface area contributed by atoms with E-state index in [9.17, 15) is 9.59 Å². The lowest BCUT2D eigenvalue weighted by atomic mass is 9.95. The SMILES string of the molecule is CCOCCCNC(=O)c1cc(NC(=O)C(C)(C)CCl)ccc1N1CCCC1. The zero-order valence-corrected chi connectivity index (χ0v) is 17.9. The average Bonchev–Trinajstić information content (AvgIpc) is 3.22. The number of carbonyl (C=O) groups is 2. The molecule has 0 unspecified atom stereocenters. The summed E-state index contributed by atoms with van der Waals surface area (Å²) in [6, 6.07) is 5.53. The monoisotopic (exact) mass is 409 g/mol. The number of alkyl halides is 1. The summed E-state index contributed by atoms with van der Waals surface area (Å²) in [4.78, 5) is 27.5. The van der Waals surface area contributed by atoms with E-state index in [1.165, 1.54) is 0 Å². The summed E-state index contributed by atoms with van der Waals surface area (Å²) in [5.74, 6) is -0.0803. The van der Waals surface area contributed by atoms with Crippen LogP contribution in [-0.4, -0.2) is 50.5 Å². The van der Waals surface area contributed by atoms with Crippen LogP contribution in [0.3, 0.4) is 0 Å². The van der Waals surface area contributed by atoms with Gasteiger partial charge in [0, 0.05) is 50.1 Å². The molecule has 1 fully saturated rings. The zero-order chi connectivity index (χ0) is 20.6. The topological polar surface area (TPSA) is 70.7 Å². The molecule has 0 spiro atoms. The maximum atomic E-state index is 12.8. The van der Waals surface area contributed by atoms with E-state index < -0.39 is 5.41 Å². The van der Waals surface area contributed by atoms with Crippen LogP contribution >= 0.6 is 11.6 Å². The first-order chi connectivity index (χ1) is 13.4. The molecule has 1 heterocycles. The van der Waals surface area contributed by atoms with Crippen LogP contribution in [0.15, 0.2) is 18.2 Å². The first kappa shape index (κ1) is 22.5. The minimum atomic E-state index is -0.684. The van der Waals surface area contributed by atoms with Crippen molar-refractivity contribution in [1.82, 2.24) is 5.32 Å². The van der Waals surface area contributed by atoms with Gasteiger partial charge in [-0.25, -0.2) is 0 Å². The van der Waals surface area contributed by atoms with Gasteiger partial charge in [-0.15, -0.1) is 11.6 Å². The third-order valence-corrected chi connectivity index (χ3v) is 5.52. The molecule has 1 aromatic carbocycles. The van der Waals surface area contributed by atoms with Gasteiger partial charge in [-0.2, -0.15) is 0 Å². The molecular formula is C21H32ClN3O3. The van der Waals surface area contributed by atoms with Gasteiger partial charge in [0.25, 0.3) is 5.91 Å². The lowest BCUT2D eigenvalue weighted by molar-refractivity contribution is -0.122. The Morgan fingerprint density at radius 1 is 1.25 bits per heavy atom. The molecule has 1 aromatic rings. The van der Waals surface area contributed by atoms with E-state index in [2.05, 4.69) is 15.5 Å². The number of nitrogens with one attached hydrogen (secondary N) is 2. The summed E-state index contributed by atoms with van der Waals surface area (Å²) in [6.45, 7) is 9.26. The van der Waals surface area contributed by atoms with Crippen LogP contribution in [0.2, 0.25) is 0 Å². The van der Waals surface area contributed by atoms with Gasteiger partial charge in [-0.05, 0) is 58.2 Å². The van der Waals surface area contributed by atoms with Crippen LogP contribution in [0.5, 0.6) is 0 Å². The Morgan fingerprint density at radius 2 is 1.96 bits per heavy atom. The van der Waals surface area contributed by atoms with Crippen molar-refractivity contribution in [3.63, 3.8) is 0 Å². The largest absolute Gasteiger partial charge is 0.382 e. The number of carbonyl (C=O) groups excluding carboxylic acids is 2. The molecule has 0 bridgehead atoms. The molecule has 156 valence electrons. The number of rotatable bonds is 10. The van der Waals surface area contributed by atoms with Gasteiger partial charge in [0.2, 0.25) is 5.91 Å². The third-order valence-electron chi connectivity index (χ3n) is 4.85. The van der Waals surface area contributed by atoms with Crippen LogP contribution in [0.25, 0.3) is 0 Å². The summed E-state index contributed by atoms with van der Waals surface area (Å²) in [5.41, 5.74) is 1.41. The van der Waals surface area contributed by atoms with Crippen molar-refractivity contribution in [2.45, 2.75) is 40.0 Å². The molecule has 1 aliphatic rings. The van der Waals surface area contributed by atoms with Gasteiger partial charge < -0.3 is 20.3 Å². The number of amides is 2. The van der Waals surface area contributed by atoms with Crippen molar-refractivity contribution < 1.29 is 14.3 Å². The van der Waals surface area contributed by atoms with Gasteiger partial charge in [0.1, 0.15) is 0 Å². The average molecular weight is 410 g/mol. The molecule has 0 radical (unpaired) electrons. The Labute approximate surface area is 172 Å². The van der Waals surface area contributed by atoms with Crippen LogP contribution in [-0.2, 0) is 9.53 Å². The molecule has 7 heteroatoms. The van der Waals surface area contributed by atoms with Crippen molar-refractivity contribution in [1.29, 1.82) is 0 Å². The predicted molar refractivity (Wildman–Crippen MR) is 114 cm³/mol. The fourth-order valence-corrected chi connectivity index (χ4v) is 3.13. The van der Waals surface area contributed by atoms with E-state index in [0.29, 0.717) is 31.0 Å².